The quantitative estimate of drug-likeness (QED) is 0.676. The van der Waals surface area contributed by atoms with Crippen LogP contribution in [0.5, 0.6) is 0 Å². The van der Waals surface area contributed by atoms with Gasteiger partial charge in [-0.25, -0.2) is 0 Å². The molecule has 0 aliphatic heterocycles. The second kappa shape index (κ2) is 6.88. The zero-order valence-corrected chi connectivity index (χ0v) is 12.3. The Labute approximate surface area is 117 Å². The molecule has 1 aromatic carbocycles. The molecule has 19 heavy (non-hydrogen) atoms. The van der Waals surface area contributed by atoms with Crippen LogP contribution in [0.2, 0.25) is 0 Å². The van der Waals surface area contributed by atoms with E-state index in [-0.39, 0.29) is 5.92 Å². The van der Waals surface area contributed by atoms with Gasteiger partial charge in [0.15, 0.2) is 5.78 Å². The number of Topliss-reactive ketones (excluding diaryl/α,β-unsaturated/α-hetero) is 1. The van der Waals surface area contributed by atoms with Crippen molar-refractivity contribution in [1.82, 2.24) is 0 Å². The third-order valence-electron chi connectivity index (χ3n) is 4.55. The van der Waals surface area contributed by atoms with E-state index in [2.05, 4.69) is 26.0 Å². The van der Waals surface area contributed by atoms with Crippen molar-refractivity contribution in [3.8, 4) is 0 Å². The molecule has 0 bridgehead atoms. The van der Waals surface area contributed by atoms with Crippen molar-refractivity contribution >= 4 is 5.78 Å². The fourth-order valence-corrected chi connectivity index (χ4v) is 3.24. The molecule has 1 fully saturated rings. The van der Waals surface area contributed by atoms with Crippen molar-refractivity contribution in [2.45, 2.75) is 58.8 Å². The number of hydrogen-bond donors (Lipinski definition) is 0. The number of ketones is 1. The van der Waals surface area contributed by atoms with E-state index in [0.29, 0.717) is 5.78 Å². The van der Waals surface area contributed by atoms with E-state index >= 15 is 0 Å². The van der Waals surface area contributed by atoms with Gasteiger partial charge in [0.25, 0.3) is 0 Å². The van der Waals surface area contributed by atoms with Gasteiger partial charge in [-0.05, 0) is 49.7 Å². The van der Waals surface area contributed by atoms with Crippen LogP contribution in [0, 0.1) is 11.8 Å². The molecule has 0 N–H and O–H groups in total. The summed E-state index contributed by atoms with van der Waals surface area (Å²) in [4.78, 5) is 12.6. The van der Waals surface area contributed by atoms with Crippen molar-refractivity contribution in [2.75, 3.05) is 0 Å². The second-order valence-corrected chi connectivity index (χ2v) is 5.94. The van der Waals surface area contributed by atoms with E-state index in [1.807, 2.05) is 12.1 Å². The summed E-state index contributed by atoms with van der Waals surface area (Å²) in [6.45, 7) is 4.45. The van der Waals surface area contributed by atoms with Gasteiger partial charge in [-0.15, -0.1) is 0 Å². The average molecular weight is 258 g/mol. The molecule has 0 aromatic heterocycles. The molecule has 0 radical (unpaired) electrons. The van der Waals surface area contributed by atoms with Gasteiger partial charge >= 0.3 is 0 Å². The number of carbonyl (C=O) groups excluding carboxylic acids is 1. The molecule has 0 spiro atoms. The van der Waals surface area contributed by atoms with E-state index in [1.54, 1.807) is 0 Å². The van der Waals surface area contributed by atoms with Crippen molar-refractivity contribution in [2.24, 2.45) is 11.8 Å². The Morgan fingerprint density at radius 1 is 1.16 bits per heavy atom. The second-order valence-electron chi connectivity index (χ2n) is 5.94. The number of aryl methyl sites for hydroxylation is 1. The molecule has 1 saturated carbocycles. The Bertz CT molecular complexity index is 413. The molecule has 0 atom stereocenters. The first-order valence-electron chi connectivity index (χ1n) is 7.87. The van der Waals surface area contributed by atoms with Gasteiger partial charge in [-0.2, -0.15) is 0 Å². The Morgan fingerprint density at radius 2 is 1.89 bits per heavy atom. The van der Waals surface area contributed by atoms with Gasteiger partial charge in [-0.3, -0.25) is 4.79 Å². The maximum Gasteiger partial charge on any atom is 0.165 e. The maximum absolute atomic E-state index is 12.6. The molecule has 1 heteroatoms. The summed E-state index contributed by atoms with van der Waals surface area (Å²) < 4.78 is 0. The molecule has 1 aliphatic carbocycles. The van der Waals surface area contributed by atoms with Crippen LogP contribution in [0.3, 0.4) is 0 Å². The molecule has 0 heterocycles. The minimum absolute atomic E-state index is 0.277. The Kier molecular flexibility index (Phi) is 5.18. The van der Waals surface area contributed by atoms with Gasteiger partial charge in [0.05, 0.1) is 0 Å². The normalized spacial score (nSPS) is 23.3. The molecule has 1 aromatic rings. The van der Waals surface area contributed by atoms with Gasteiger partial charge in [0, 0.05) is 11.5 Å². The number of carbonyl (C=O) groups is 1. The lowest BCUT2D eigenvalue weighted by Crippen LogP contribution is -2.21. The van der Waals surface area contributed by atoms with E-state index in [0.717, 1.165) is 37.2 Å². The lowest BCUT2D eigenvalue weighted by Gasteiger charge is -2.26. The van der Waals surface area contributed by atoms with Crippen LogP contribution in [0.1, 0.15) is 68.3 Å². The third kappa shape index (κ3) is 3.68. The summed E-state index contributed by atoms with van der Waals surface area (Å²) in [6, 6.07) is 8.27. The van der Waals surface area contributed by atoms with E-state index in [9.17, 15) is 4.79 Å². The van der Waals surface area contributed by atoms with Crippen molar-refractivity contribution in [3.05, 3.63) is 35.4 Å². The lowest BCUT2D eigenvalue weighted by molar-refractivity contribution is 0.0871. The van der Waals surface area contributed by atoms with Gasteiger partial charge < -0.3 is 0 Å². The number of hydrogen-bond acceptors (Lipinski definition) is 1. The van der Waals surface area contributed by atoms with Crippen LogP contribution in [0.15, 0.2) is 24.3 Å². The third-order valence-corrected chi connectivity index (χ3v) is 4.55. The highest BCUT2D eigenvalue weighted by atomic mass is 16.1. The first-order chi connectivity index (χ1) is 9.24. The molecule has 0 amide bonds. The van der Waals surface area contributed by atoms with Crippen LogP contribution >= 0.6 is 0 Å². The van der Waals surface area contributed by atoms with E-state index in [4.69, 9.17) is 0 Å². The fraction of sp³-hybridized carbons (Fsp3) is 0.611. The van der Waals surface area contributed by atoms with Crippen LogP contribution in [0.25, 0.3) is 0 Å². The average Bonchev–Trinajstić information content (AvgIpc) is 2.47. The molecule has 0 saturated heterocycles. The van der Waals surface area contributed by atoms with E-state index in [1.165, 1.54) is 24.8 Å². The predicted molar refractivity (Wildman–Crippen MR) is 80.5 cm³/mol. The highest BCUT2D eigenvalue weighted by Gasteiger charge is 2.26. The minimum atomic E-state index is 0.277. The van der Waals surface area contributed by atoms with Gasteiger partial charge in [0.2, 0.25) is 0 Å². The van der Waals surface area contributed by atoms with Gasteiger partial charge in [0.1, 0.15) is 0 Å². The van der Waals surface area contributed by atoms with Gasteiger partial charge in [-0.1, -0.05) is 44.9 Å². The molecular weight excluding hydrogens is 232 g/mol. The Balaban J connectivity index is 2.01. The zero-order chi connectivity index (χ0) is 13.7. The first kappa shape index (κ1) is 14.3. The SMILES string of the molecule is CCCc1cccc(C(=O)C2CCC(CC)CC2)c1. The standard InChI is InChI=1S/C18H26O/c1-3-6-15-7-5-8-17(13-15)18(19)16-11-9-14(4-2)10-12-16/h5,7-8,13-14,16H,3-4,6,9-12H2,1-2H3. The van der Waals surface area contributed by atoms with Crippen LogP contribution in [-0.2, 0) is 6.42 Å². The molecule has 0 unspecified atom stereocenters. The zero-order valence-electron chi connectivity index (χ0n) is 12.3. The monoisotopic (exact) mass is 258 g/mol. The molecule has 1 aliphatic rings. The molecule has 2 rings (SSSR count). The van der Waals surface area contributed by atoms with Crippen molar-refractivity contribution in [1.29, 1.82) is 0 Å². The molecule has 1 nitrogen and oxygen atoms in total. The summed E-state index contributed by atoms with van der Waals surface area (Å²) in [7, 11) is 0. The topological polar surface area (TPSA) is 17.1 Å². The van der Waals surface area contributed by atoms with Crippen LogP contribution in [-0.4, -0.2) is 5.78 Å². The smallest absolute Gasteiger partial charge is 0.165 e. The summed E-state index contributed by atoms with van der Waals surface area (Å²) in [6.07, 6.45) is 8.14. The molecule has 104 valence electrons. The van der Waals surface area contributed by atoms with Crippen molar-refractivity contribution in [3.63, 3.8) is 0 Å². The minimum Gasteiger partial charge on any atom is -0.294 e. The highest BCUT2D eigenvalue weighted by Crippen LogP contribution is 2.32. The fourth-order valence-electron chi connectivity index (χ4n) is 3.24. The Morgan fingerprint density at radius 3 is 2.53 bits per heavy atom. The van der Waals surface area contributed by atoms with E-state index < -0.39 is 0 Å². The molecular formula is C18H26O. The van der Waals surface area contributed by atoms with Crippen molar-refractivity contribution < 1.29 is 4.79 Å². The summed E-state index contributed by atoms with van der Waals surface area (Å²) in [5, 5.41) is 0. The number of rotatable bonds is 5. The predicted octanol–water partition coefficient (Wildman–Crippen LogP) is 5.04. The highest BCUT2D eigenvalue weighted by molar-refractivity contribution is 5.98. The largest absolute Gasteiger partial charge is 0.294 e. The lowest BCUT2D eigenvalue weighted by atomic mass is 9.77. The summed E-state index contributed by atoms with van der Waals surface area (Å²) in [5.41, 5.74) is 2.24. The maximum atomic E-state index is 12.6. The summed E-state index contributed by atoms with van der Waals surface area (Å²) >= 11 is 0. The number of benzene rings is 1. The summed E-state index contributed by atoms with van der Waals surface area (Å²) in [5.74, 6) is 1.52. The van der Waals surface area contributed by atoms with Crippen LogP contribution in [0.4, 0.5) is 0 Å². The Hall–Kier alpha value is -1.11. The van der Waals surface area contributed by atoms with Crippen LogP contribution < -0.4 is 0 Å². The first-order valence-corrected chi connectivity index (χ1v) is 7.87.